The fourth-order valence-corrected chi connectivity index (χ4v) is 5.60. The Morgan fingerprint density at radius 1 is 0.703 bits per heavy atom. The molecule has 8 amide bonds. The minimum Gasteiger partial charge on any atom is -0.481 e. The summed E-state index contributed by atoms with van der Waals surface area (Å²) < 4.78 is 0. The number of primary amides is 1. The van der Waals surface area contributed by atoms with E-state index in [2.05, 4.69) is 52.2 Å². The SMILES string of the molecule is CC(C)C[C@H](NC(=O)[C@H](CC(N)=O)NC(=O)[C@H](C)NC(=O)[C@H](CCCN=C(N)N)NC(=O)[C@@H](N)CC(=O)O)C(=O)N[C@@H](CO)C(=O)N[C@H](C(=O)N[C@@H](Cc1cnc[nH]1)C(=O)O)[C@@H](C)O. The van der Waals surface area contributed by atoms with Gasteiger partial charge in [0.15, 0.2) is 5.96 Å². The Labute approximate surface area is 366 Å². The van der Waals surface area contributed by atoms with Crippen molar-refractivity contribution in [2.45, 2.75) is 121 Å². The maximum atomic E-state index is 13.6. The first-order valence-corrected chi connectivity index (χ1v) is 19.8. The minimum atomic E-state index is -1.80. The second kappa shape index (κ2) is 27.2. The highest BCUT2D eigenvalue weighted by Crippen LogP contribution is 2.09. The van der Waals surface area contributed by atoms with Crippen molar-refractivity contribution >= 4 is 65.2 Å². The van der Waals surface area contributed by atoms with Gasteiger partial charge in [-0.15, -0.1) is 0 Å². The van der Waals surface area contributed by atoms with E-state index in [1.165, 1.54) is 19.4 Å². The number of carbonyl (C=O) groups excluding carboxylic acids is 8. The van der Waals surface area contributed by atoms with Crippen LogP contribution in [0.25, 0.3) is 0 Å². The molecule has 0 unspecified atom stereocenters. The van der Waals surface area contributed by atoms with Crippen LogP contribution in [0.2, 0.25) is 0 Å². The third kappa shape index (κ3) is 20.3. The van der Waals surface area contributed by atoms with Crippen molar-refractivity contribution in [3.05, 3.63) is 18.2 Å². The molecule has 9 atom stereocenters. The Bertz CT molecular complexity index is 1820. The Morgan fingerprint density at radius 2 is 1.25 bits per heavy atom. The fraction of sp³-hybridized carbons (Fsp3) is 0.611. The molecule has 0 aromatic carbocycles. The van der Waals surface area contributed by atoms with Gasteiger partial charge < -0.3 is 85.6 Å². The molecule has 1 rings (SSSR count). The van der Waals surface area contributed by atoms with E-state index in [-0.39, 0.29) is 44.1 Å². The molecule has 0 spiro atoms. The molecule has 20 N–H and O–H groups in total. The van der Waals surface area contributed by atoms with E-state index in [0.29, 0.717) is 5.69 Å². The maximum absolute atomic E-state index is 13.6. The second-order valence-electron chi connectivity index (χ2n) is 15.0. The fourth-order valence-electron chi connectivity index (χ4n) is 5.60. The number of hydrogen-bond acceptors (Lipinski definition) is 15. The lowest BCUT2D eigenvalue weighted by Gasteiger charge is -2.28. The van der Waals surface area contributed by atoms with Crippen LogP contribution in [0.5, 0.6) is 0 Å². The molecule has 0 aliphatic heterocycles. The zero-order chi connectivity index (χ0) is 48.8. The lowest BCUT2D eigenvalue weighted by Crippen LogP contribution is -2.62. The summed E-state index contributed by atoms with van der Waals surface area (Å²) in [6.07, 6.45) is -0.894. The third-order valence-corrected chi connectivity index (χ3v) is 8.91. The lowest BCUT2D eigenvalue weighted by atomic mass is 10.0. The van der Waals surface area contributed by atoms with Crippen LogP contribution in [0.15, 0.2) is 17.5 Å². The van der Waals surface area contributed by atoms with Gasteiger partial charge in [0, 0.05) is 24.9 Å². The predicted octanol–water partition coefficient (Wildman–Crippen LogP) is -7.40. The maximum Gasteiger partial charge on any atom is 0.326 e. The third-order valence-electron chi connectivity index (χ3n) is 8.91. The number of rotatable bonds is 29. The lowest BCUT2D eigenvalue weighted by molar-refractivity contribution is -0.143. The number of aliphatic imine (C=N–C) groups is 1. The molecule has 28 heteroatoms. The van der Waals surface area contributed by atoms with E-state index in [9.17, 15) is 63.3 Å². The second-order valence-corrected chi connectivity index (χ2v) is 15.0. The average molecular weight is 913 g/mol. The molecule has 0 saturated carbocycles. The number of aliphatic carboxylic acids is 2. The van der Waals surface area contributed by atoms with E-state index in [0.717, 1.165) is 6.92 Å². The highest BCUT2D eigenvalue weighted by molar-refractivity contribution is 5.99. The quantitative estimate of drug-likeness (QED) is 0.0202. The van der Waals surface area contributed by atoms with Crippen LogP contribution >= 0.6 is 0 Å². The van der Waals surface area contributed by atoms with E-state index < -0.39 is 133 Å². The van der Waals surface area contributed by atoms with Gasteiger partial charge >= 0.3 is 11.9 Å². The minimum absolute atomic E-state index is 0.0276. The largest absolute Gasteiger partial charge is 0.481 e. The van der Waals surface area contributed by atoms with Crippen molar-refractivity contribution in [3.63, 3.8) is 0 Å². The molecule has 1 aromatic heterocycles. The number of aromatic amines is 1. The van der Waals surface area contributed by atoms with E-state index >= 15 is 0 Å². The van der Waals surface area contributed by atoms with E-state index in [1.54, 1.807) is 13.8 Å². The number of imidazole rings is 1. The molecule has 1 aromatic rings. The smallest absolute Gasteiger partial charge is 0.326 e. The van der Waals surface area contributed by atoms with Gasteiger partial charge in [-0.3, -0.25) is 48.1 Å². The molecular weight excluding hydrogens is 852 g/mol. The molecule has 64 heavy (non-hydrogen) atoms. The number of carboxylic acid groups (broad SMARTS) is 2. The van der Waals surface area contributed by atoms with Crippen molar-refractivity contribution in [3.8, 4) is 0 Å². The van der Waals surface area contributed by atoms with Gasteiger partial charge in [0.1, 0.15) is 42.3 Å². The highest BCUT2D eigenvalue weighted by atomic mass is 16.4. The first-order valence-electron chi connectivity index (χ1n) is 19.8. The van der Waals surface area contributed by atoms with Crippen LogP contribution in [-0.2, 0) is 54.4 Å². The monoisotopic (exact) mass is 912 g/mol. The van der Waals surface area contributed by atoms with E-state index in [4.69, 9.17) is 28.0 Å². The molecule has 0 bridgehead atoms. The van der Waals surface area contributed by atoms with Crippen LogP contribution < -0.4 is 60.2 Å². The van der Waals surface area contributed by atoms with Gasteiger partial charge in [-0.1, -0.05) is 13.8 Å². The van der Waals surface area contributed by atoms with Crippen molar-refractivity contribution in [1.29, 1.82) is 0 Å². The van der Waals surface area contributed by atoms with Crippen LogP contribution in [0, 0.1) is 5.92 Å². The molecule has 1 heterocycles. The van der Waals surface area contributed by atoms with Crippen LogP contribution in [0.4, 0.5) is 0 Å². The first-order chi connectivity index (χ1) is 29.9. The molecule has 358 valence electrons. The van der Waals surface area contributed by atoms with Crippen molar-refractivity contribution in [2.24, 2.45) is 33.8 Å². The number of nitrogens with two attached hydrogens (primary N) is 4. The standard InChI is InChI=1S/C36H60N14O14/c1-15(2)8-21(31(59)49-24(13-51)33(61)50-27(17(4)52)34(62)48-23(35(63)64)9-18-12-41-14-43-18)47-32(60)22(11-25(38)53)46-28(56)16(3)44-30(58)20(6-5-7-42-36(39)40)45-29(57)19(37)10-26(54)55/h12,14-17,19-24,27,51-52H,5-11,13,37H2,1-4H3,(H2,38,53)(H,41,43)(H,44,58)(H,45,57)(H,46,56)(H,47,60)(H,48,62)(H,49,59)(H,50,61)(H,54,55)(H,63,64)(H4,39,40,42)/t16-,17+,19-,20-,21-,22-,23-,24-,27-/m0/s1. The number of aliphatic hydroxyl groups is 2. The van der Waals surface area contributed by atoms with Gasteiger partial charge in [0.25, 0.3) is 0 Å². The van der Waals surface area contributed by atoms with E-state index in [1.807, 2.05) is 0 Å². The van der Waals surface area contributed by atoms with Crippen LogP contribution in [0.1, 0.15) is 65.5 Å². The molecule has 0 aliphatic carbocycles. The number of H-pyrrole nitrogens is 1. The summed E-state index contributed by atoms with van der Waals surface area (Å²) in [5.41, 5.74) is 21.9. The Balaban J connectivity index is 3.16. The number of carbonyl (C=O) groups is 10. The number of hydrogen-bond donors (Lipinski definition) is 16. The summed E-state index contributed by atoms with van der Waals surface area (Å²) in [5.74, 6) is -11.9. The highest BCUT2D eigenvalue weighted by Gasteiger charge is 2.35. The Morgan fingerprint density at radius 3 is 1.77 bits per heavy atom. The summed E-state index contributed by atoms with van der Waals surface area (Å²) >= 11 is 0. The number of aliphatic hydroxyl groups excluding tert-OH is 2. The van der Waals surface area contributed by atoms with Crippen molar-refractivity contribution in [2.75, 3.05) is 13.2 Å². The number of nitrogens with zero attached hydrogens (tertiary/aromatic N) is 2. The first kappa shape index (κ1) is 55.1. The number of nitrogens with one attached hydrogen (secondary N) is 8. The number of carboxylic acids is 2. The zero-order valence-electron chi connectivity index (χ0n) is 35.7. The van der Waals surface area contributed by atoms with Crippen LogP contribution in [-0.4, -0.2) is 163 Å². The summed E-state index contributed by atoms with van der Waals surface area (Å²) in [5, 5.41) is 54.8. The normalized spacial score (nSPS) is 15.2. The van der Waals surface area contributed by atoms with Gasteiger partial charge in [-0.25, -0.2) is 9.78 Å². The average Bonchev–Trinajstić information content (AvgIpc) is 3.71. The van der Waals surface area contributed by atoms with Gasteiger partial charge in [-0.2, -0.15) is 0 Å². The zero-order valence-corrected chi connectivity index (χ0v) is 35.7. The van der Waals surface area contributed by atoms with Crippen molar-refractivity contribution < 1.29 is 68.4 Å². The number of aromatic nitrogens is 2. The molecule has 0 fully saturated rings. The Kier molecular flexibility index (Phi) is 23.4. The van der Waals surface area contributed by atoms with Crippen LogP contribution in [0.3, 0.4) is 0 Å². The Hall–Kier alpha value is -6.94. The molecular formula is C36H60N14O14. The molecule has 0 radical (unpaired) electrons. The summed E-state index contributed by atoms with van der Waals surface area (Å²) in [4.78, 5) is 138. The van der Waals surface area contributed by atoms with Gasteiger partial charge in [0.05, 0.1) is 37.9 Å². The summed E-state index contributed by atoms with van der Waals surface area (Å²) in [7, 11) is 0. The van der Waals surface area contributed by atoms with Gasteiger partial charge in [-0.05, 0) is 39.0 Å². The van der Waals surface area contributed by atoms with Gasteiger partial charge in [0.2, 0.25) is 47.3 Å². The number of guanidine groups is 1. The molecule has 0 aliphatic rings. The summed E-state index contributed by atoms with van der Waals surface area (Å²) in [6, 6.07) is -12.7. The molecule has 28 nitrogen and oxygen atoms in total. The predicted molar refractivity (Wildman–Crippen MR) is 221 cm³/mol. The number of amides is 8. The molecule has 0 saturated heterocycles. The summed E-state index contributed by atoms with van der Waals surface area (Å²) in [6.45, 7) is 4.59. The van der Waals surface area contributed by atoms with Crippen molar-refractivity contribution in [1.82, 2.24) is 47.2 Å². The topological polar surface area (TPSA) is 481 Å².